The van der Waals surface area contributed by atoms with Crippen molar-refractivity contribution in [3.63, 3.8) is 0 Å². The molecule has 0 spiro atoms. The average Bonchev–Trinajstić information content (AvgIpc) is 2.11. The minimum Gasteiger partial charge on any atom is -0.134 e. The molecule has 6 heteroatoms. The largest absolute Gasteiger partial charge is 0.383 e. The molecule has 0 nitrogen and oxygen atoms in total. The topological polar surface area (TPSA) is 0 Å². The van der Waals surface area contributed by atoms with Gasteiger partial charge in [0.2, 0.25) is 0 Å². The van der Waals surface area contributed by atoms with Gasteiger partial charge < -0.3 is 0 Å². The van der Waals surface area contributed by atoms with Gasteiger partial charge in [0.15, 0.2) is 0 Å². The Balaban J connectivity index is 2.96. The lowest BCUT2D eigenvalue weighted by atomic mass is 10.7. The minimum absolute atomic E-state index is 0.865. The van der Waals surface area contributed by atoms with E-state index in [-0.39, 0.29) is 0 Å². The summed E-state index contributed by atoms with van der Waals surface area (Å²) in [6.45, 7) is 0. The Morgan fingerprint density at radius 3 is 2.10 bits per heavy atom. The second kappa shape index (κ2) is 3.33. The molecule has 0 fully saturated rings. The van der Waals surface area contributed by atoms with Gasteiger partial charge in [-0.3, -0.25) is 0 Å². The lowest BCUT2D eigenvalue weighted by Gasteiger charge is -2.01. The summed E-state index contributed by atoms with van der Waals surface area (Å²) in [7, 11) is 0. The summed E-state index contributed by atoms with van der Waals surface area (Å²) in [4.78, 5) is 0. The summed E-state index contributed by atoms with van der Waals surface area (Å²) >= 11 is 22.0. The third-order valence-corrected chi connectivity index (χ3v) is 7.08. The predicted octanol–water partition coefficient (Wildman–Crippen LogP) is 3.37. The Morgan fingerprint density at radius 1 is 1.30 bits per heavy atom. The zero-order chi connectivity index (χ0) is 7.78. The number of hydrogen-bond donors (Lipinski definition) is 0. The lowest BCUT2D eigenvalue weighted by molar-refractivity contribution is 1.99. The van der Waals surface area contributed by atoms with Crippen molar-refractivity contribution < 1.29 is 0 Å². The monoisotopic (exact) mass is 294 g/mol. The fraction of sp³-hybridized carbons (Fsp3) is 0. The first-order chi connectivity index (χ1) is 4.50. The molecule has 10 heavy (non-hydrogen) atoms. The van der Waals surface area contributed by atoms with Crippen LogP contribution in [0.1, 0.15) is 0 Å². The van der Waals surface area contributed by atoms with Gasteiger partial charge >= 0.3 is 6.00 Å². The van der Waals surface area contributed by atoms with Gasteiger partial charge in [0.05, 0.1) is 3.79 Å². The second-order valence-corrected chi connectivity index (χ2v) is 12.8. The maximum Gasteiger partial charge on any atom is 0.383 e. The van der Waals surface area contributed by atoms with Crippen molar-refractivity contribution in [2.45, 2.75) is 0 Å². The summed E-state index contributed by atoms with van der Waals surface area (Å²) in [5.74, 6) is 0. The molecule has 1 rings (SSSR count). The molecule has 0 aliphatic heterocycles. The molecule has 0 aliphatic rings. The van der Waals surface area contributed by atoms with E-state index in [4.69, 9.17) is 33.2 Å². The third-order valence-electron chi connectivity index (χ3n) is 0.853. The van der Waals surface area contributed by atoms with Crippen LogP contribution in [0, 0.1) is 0 Å². The van der Waals surface area contributed by atoms with Crippen LogP contribution in [0.25, 0.3) is 0 Å². The molecule has 0 aliphatic carbocycles. The van der Waals surface area contributed by atoms with Crippen LogP contribution in [-0.4, -0.2) is 6.00 Å². The highest BCUT2D eigenvalue weighted by atomic mass is 79.9. The molecule has 56 valence electrons. The van der Waals surface area contributed by atoms with Crippen molar-refractivity contribution in [3.05, 3.63) is 15.9 Å². The van der Waals surface area contributed by atoms with E-state index in [1.54, 1.807) is 0 Å². The zero-order valence-corrected chi connectivity index (χ0v) is 10.2. The number of halogens is 4. The maximum absolute atomic E-state index is 5.73. The summed E-state index contributed by atoms with van der Waals surface area (Å²) in [5.41, 5.74) is 0. The Morgan fingerprint density at radius 2 is 1.90 bits per heavy atom. The average molecular weight is 296 g/mol. The molecule has 0 bridgehead atoms. The van der Waals surface area contributed by atoms with Gasteiger partial charge in [-0.2, -0.15) is 0 Å². The van der Waals surface area contributed by atoms with Crippen LogP contribution >= 0.6 is 60.5 Å². The third kappa shape index (κ3) is 2.39. The maximum atomic E-state index is 5.73. The normalized spacial score (nSPS) is 12.0. The summed E-state index contributed by atoms with van der Waals surface area (Å²) < 4.78 is 1.87. The SMILES string of the molecule is Cl[Si](Cl)(Cl)c1ccc(Br)s1. The van der Waals surface area contributed by atoms with E-state index in [2.05, 4.69) is 15.9 Å². The standard InChI is InChI=1S/C4H2BrCl3SSi/c5-3-1-2-4(9-3)10(6,7)8/h1-2H. The quantitative estimate of drug-likeness (QED) is 0.550. The van der Waals surface area contributed by atoms with Crippen molar-refractivity contribution in [2.24, 2.45) is 0 Å². The van der Waals surface area contributed by atoms with Gasteiger partial charge in [-0.05, 0) is 28.1 Å². The molecule has 1 aromatic rings. The van der Waals surface area contributed by atoms with Crippen molar-refractivity contribution in [2.75, 3.05) is 0 Å². The first-order valence-corrected chi connectivity index (χ1v) is 8.97. The molecule has 1 aromatic heterocycles. The zero-order valence-electron chi connectivity index (χ0n) is 4.57. The van der Waals surface area contributed by atoms with Crippen molar-refractivity contribution >= 4 is 71.0 Å². The van der Waals surface area contributed by atoms with Crippen LogP contribution < -0.4 is 4.50 Å². The Labute approximate surface area is 86.3 Å². The molecule has 0 aromatic carbocycles. The highest BCUT2D eigenvalue weighted by Crippen LogP contribution is 2.25. The Bertz CT molecular complexity index is 231. The molecule has 0 saturated carbocycles. The first kappa shape index (κ1) is 9.36. The van der Waals surface area contributed by atoms with E-state index in [9.17, 15) is 0 Å². The van der Waals surface area contributed by atoms with Crippen LogP contribution in [-0.2, 0) is 0 Å². The van der Waals surface area contributed by atoms with E-state index < -0.39 is 6.00 Å². The smallest absolute Gasteiger partial charge is 0.134 e. The Hall–Kier alpha value is 1.27. The highest BCUT2D eigenvalue weighted by molar-refractivity contribution is 9.11. The molecule has 0 N–H and O–H groups in total. The van der Waals surface area contributed by atoms with E-state index in [1.165, 1.54) is 11.3 Å². The fourth-order valence-electron chi connectivity index (χ4n) is 0.467. The molecule has 0 amide bonds. The van der Waals surface area contributed by atoms with Crippen molar-refractivity contribution in [1.82, 2.24) is 0 Å². The van der Waals surface area contributed by atoms with Crippen LogP contribution in [0.2, 0.25) is 0 Å². The van der Waals surface area contributed by atoms with Crippen LogP contribution in [0.15, 0.2) is 15.9 Å². The molecular formula is C4H2BrCl3SSi. The molecule has 0 atom stereocenters. The lowest BCUT2D eigenvalue weighted by Crippen LogP contribution is -2.26. The minimum atomic E-state index is -2.61. The molecule has 1 heterocycles. The van der Waals surface area contributed by atoms with Gasteiger partial charge in [0.25, 0.3) is 0 Å². The van der Waals surface area contributed by atoms with E-state index >= 15 is 0 Å². The second-order valence-electron chi connectivity index (χ2n) is 1.60. The fourth-order valence-corrected chi connectivity index (χ4v) is 4.73. The molecule has 0 radical (unpaired) electrons. The molecular weight excluding hydrogens is 294 g/mol. The summed E-state index contributed by atoms with van der Waals surface area (Å²) in [6, 6.07) is 1.12. The van der Waals surface area contributed by atoms with Gasteiger partial charge in [0, 0.05) is 4.50 Å². The molecule has 0 saturated heterocycles. The number of thiophene rings is 1. The first-order valence-electron chi connectivity index (χ1n) is 2.32. The van der Waals surface area contributed by atoms with Gasteiger partial charge in [0.1, 0.15) is 0 Å². The van der Waals surface area contributed by atoms with E-state index in [0.717, 1.165) is 8.29 Å². The predicted molar refractivity (Wildman–Crippen MR) is 55.0 cm³/mol. The van der Waals surface area contributed by atoms with Crippen molar-refractivity contribution in [3.8, 4) is 0 Å². The number of hydrogen-bond acceptors (Lipinski definition) is 1. The van der Waals surface area contributed by atoms with Crippen LogP contribution in [0.3, 0.4) is 0 Å². The van der Waals surface area contributed by atoms with Crippen LogP contribution in [0.4, 0.5) is 0 Å². The summed E-state index contributed by atoms with van der Waals surface area (Å²) in [6.07, 6.45) is 0. The van der Waals surface area contributed by atoms with Gasteiger partial charge in [-0.25, -0.2) is 0 Å². The van der Waals surface area contributed by atoms with Crippen LogP contribution in [0.5, 0.6) is 0 Å². The van der Waals surface area contributed by atoms with Crippen molar-refractivity contribution in [1.29, 1.82) is 0 Å². The van der Waals surface area contributed by atoms with Gasteiger partial charge in [-0.15, -0.1) is 44.6 Å². The highest BCUT2D eigenvalue weighted by Gasteiger charge is 2.29. The Kier molecular flexibility index (Phi) is 3.12. The number of rotatable bonds is 1. The molecule has 0 unspecified atom stereocenters. The van der Waals surface area contributed by atoms with E-state index in [1.807, 2.05) is 12.1 Å². The van der Waals surface area contributed by atoms with Gasteiger partial charge in [-0.1, -0.05) is 0 Å². The summed E-state index contributed by atoms with van der Waals surface area (Å²) in [5, 5.41) is 0. The van der Waals surface area contributed by atoms with E-state index in [0.29, 0.717) is 0 Å².